The fraction of sp³-hybridized carbons (Fsp3) is 0.350. The van der Waals surface area contributed by atoms with Crippen LogP contribution in [0.15, 0.2) is 48.5 Å². The molecule has 0 unspecified atom stereocenters. The summed E-state index contributed by atoms with van der Waals surface area (Å²) in [5.74, 6) is 0.919. The highest BCUT2D eigenvalue weighted by Gasteiger charge is 2.39. The lowest BCUT2D eigenvalue weighted by Crippen LogP contribution is -2.51. The smallest absolute Gasteiger partial charge is 0.147 e. The maximum Gasteiger partial charge on any atom is 0.147 e. The van der Waals surface area contributed by atoms with Gasteiger partial charge in [0.2, 0.25) is 0 Å². The highest BCUT2D eigenvalue weighted by atomic mass is 19.1. The van der Waals surface area contributed by atoms with Gasteiger partial charge in [-0.2, -0.15) is 5.26 Å². The van der Waals surface area contributed by atoms with Crippen molar-refractivity contribution in [3.63, 3.8) is 0 Å². The van der Waals surface area contributed by atoms with E-state index in [1.54, 1.807) is 12.1 Å². The molecule has 0 radical (unpaired) electrons. The molecule has 0 bridgehead atoms. The van der Waals surface area contributed by atoms with Crippen molar-refractivity contribution in [2.24, 2.45) is 5.92 Å². The molecule has 0 amide bonds. The summed E-state index contributed by atoms with van der Waals surface area (Å²) in [6.07, 6.45) is 1.21. The van der Waals surface area contributed by atoms with Crippen LogP contribution >= 0.6 is 0 Å². The van der Waals surface area contributed by atoms with Gasteiger partial charge in [0.25, 0.3) is 0 Å². The third kappa shape index (κ3) is 3.00. The van der Waals surface area contributed by atoms with Crippen molar-refractivity contribution >= 4 is 5.69 Å². The molecule has 2 fully saturated rings. The van der Waals surface area contributed by atoms with E-state index in [1.165, 1.54) is 18.1 Å². The average Bonchev–Trinajstić information content (AvgIpc) is 3.35. The van der Waals surface area contributed by atoms with E-state index in [0.29, 0.717) is 29.1 Å². The van der Waals surface area contributed by atoms with Crippen molar-refractivity contribution in [3.8, 4) is 6.07 Å². The van der Waals surface area contributed by atoms with Gasteiger partial charge in [0.1, 0.15) is 5.82 Å². The highest BCUT2D eigenvalue weighted by Crippen LogP contribution is 2.40. The van der Waals surface area contributed by atoms with E-state index in [2.05, 4.69) is 35.6 Å². The van der Waals surface area contributed by atoms with E-state index < -0.39 is 0 Å². The van der Waals surface area contributed by atoms with Gasteiger partial charge in [-0.05, 0) is 30.2 Å². The van der Waals surface area contributed by atoms with E-state index in [9.17, 15) is 4.39 Å². The van der Waals surface area contributed by atoms with Gasteiger partial charge >= 0.3 is 0 Å². The first-order valence-corrected chi connectivity index (χ1v) is 8.47. The molecule has 2 aliphatic rings. The van der Waals surface area contributed by atoms with Crippen molar-refractivity contribution in [2.75, 3.05) is 24.5 Å². The molecular weight excluding hydrogens is 301 g/mol. The molecular formula is C20H20FN3. The molecule has 122 valence electrons. The predicted molar refractivity (Wildman–Crippen MR) is 92.4 cm³/mol. The Bertz CT molecular complexity index is 762. The zero-order chi connectivity index (χ0) is 16.5. The molecule has 3 nitrogen and oxygen atoms in total. The average molecular weight is 321 g/mol. The Balaban J connectivity index is 1.24. The summed E-state index contributed by atoms with van der Waals surface area (Å²) in [5.41, 5.74) is 2.40. The summed E-state index contributed by atoms with van der Waals surface area (Å²) in [6, 6.07) is 17.9. The second kappa shape index (κ2) is 6.26. The van der Waals surface area contributed by atoms with Crippen LogP contribution < -0.4 is 10.2 Å². The normalized spacial score (nSPS) is 22.8. The first-order chi connectivity index (χ1) is 11.7. The van der Waals surface area contributed by atoms with Crippen molar-refractivity contribution < 1.29 is 4.39 Å². The lowest BCUT2D eigenvalue weighted by atomic mass is 9.98. The van der Waals surface area contributed by atoms with Crippen molar-refractivity contribution in [1.82, 2.24) is 5.32 Å². The number of benzene rings is 2. The maximum atomic E-state index is 14.0. The van der Waals surface area contributed by atoms with Crippen molar-refractivity contribution in [2.45, 2.75) is 18.4 Å². The summed E-state index contributed by atoms with van der Waals surface area (Å²) in [4.78, 5) is 2.05. The number of anilines is 1. The van der Waals surface area contributed by atoms with Crippen LogP contribution in [0.5, 0.6) is 0 Å². The predicted octanol–water partition coefficient (Wildman–Crippen LogP) is 3.28. The van der Waals surface area contributed by atoms with Crippen molar-refractivity contribution in [1.29, 1.82) is 5.26 Å². The third-order valence-corrected chi connectivity index (χ3v) is 5.06. The van der Waals surface area contributed by atoms with E-state index in [1.807, 2.05) is 11.0 Å². The third-order valence-electron chi connectivity index (χ3n) is 5.06. The molecule has 1 saturated heterocycles. The number of nitrogens with one attached hydrogen (secondary N) is 1. The van der Waals surface area contributed by atoms with Crippen LogP contribution in [0.1, 0.15) is 23.5 Å². The topological polar surface area (TPSA) is 39.1 Å². The number of rotatable bonds is 5. The summed E-state index contributed by atoms with van der Waals surface area (Å²) in [5, 5.41) is 12.4. The number of nitriles is 1. The van der Waals surface area contributed by atoms with Gasteiger partial charge in [-0.25, -0.2) is 4.39 Å². The zero-order valence-corrected chi connectivity index (χ0v) is 13.5. The standard InChI is InChI=1S/C20H20FN3/c21-18-8-14(10-22)6-7-20(18)24-12-15(13-24)11-23-19-9-17(19)16-4-2-1-3-5-16/h1-8,15,17,19,23H,9,11-13H2/t17-,19+/m0/s1. The number of halogens is 1. The van der Waals surface area contributed by atoms with Gasteiger partial charge in [-0.1, -0.05) is 30.3 Å². The second-order valence-corrected chi connectivity index (χ2v) is 6.82. The summed E-state index contributed by atoms with van der Waals surface area (Å²) in [6.45, 7) is 2.74. The fourth-order valence-corrected chi connectivity index (χ4v) is 3.54. The minimum atomic E-state index is -0.299. The SMILES string of the molecule is N#Cc1ccc(N2CC(CN[C@@H]3C[C@H]3c3ccccc3)C2)c(F)c1. The molecule has 4 rings (SSSR count). The fourth-order valence-electron chi connectivity index (χ4n) is 3.54. The molecule has 2 aromatic carbocycles. The Hall–Kier alpha value is -2.38. The molecule has 1 aliphatic heterocycles. The van der Waals surface area contributed by atoms with Gasteiger partial charge in [0.15, 0.2) is 0 Å². The molecule has 24 heavy (non-hydrogen) atoms. The lowest BCUT2D eigenvalue weighted by molar-refractivity contribution is 0.379. The summed E-state index contributed by atoms with van der Waals surface area (Å²) >= 11 is 0. The van der Waals surface area contributed by atoms with Gasteiger partial charge < -0.3 is 10.2 Å². The van der Waals surface area contributed by atoms with Crippen molar-refractivity contribution in [3.05, 3.63) is 65.5 Å². The van der Waals surface area contributed by atoms with E-state index in [0.717, 1.165) is 19.6 Å². The Morgan fingerprint density at radius 1 is 1.17 bits per heavy atom. The second-order valence-electron chi connectivity index (χ2n) is 6.82. The Morgan fingerprint density at radius 3 is 2.67 bits per heavy atom. The van der Waals surface area contributed by atoms with Crippen LogP contribution in [-0.2, 0) is 0 Å². The number of hydrogen-bond donors (Lipinski definition) is 1. The van der Waals surface area contributed by atoms with Crippen LogP contribution in [0.25, 0.3) is 0 Å². The Morgan fingerprint density at radius 2 is 1.96 bits per heavy atom. The Kier molecular flexibility index (Phi) is 3.95. The minimum absolute atomic E-state index is 0.299. The van der Waals surface area contributed by atoms with Gasteiger partial charge in [-0.15, -0.1) is 0 Å². The van der Waals surface area contributed by atoms with Crippen LogP contribution in [0.4, 0.5) is 10.1 Å². The van der Waals surface area contributed by atoms with E-state index in [-0.39, 0.29) is 5.82 Å². The molecule has 0 spiro atoms. The molecule has 1 heterocycles. The van der Waals surface area contributed by atoms with E-state index in [4.69, 9.17) is 5.26 Å². The van der Waals surface area contributed by atoms with Crippen LogP contribution in [0, 0.1) is 23.1 Å². The monoisotopic (exact) mass is 321 g/mol. The first kappa shape index (κ1) is 15.2. The van der Waals surface area contributed by atoms with Gasteiger partial charge in [0, 0.05) is 37.5 Å². The molecule has 1 N–H and O–H groups in total. The summed E-state index contributed by atoms with van der Waals surface area (Å²) in [7, 11) is 0. The molecule has 1 aliphatic carbocycles. The van der Waals surface area contributed by atoms with Crippen LogP contribution in [0.3, 0.4) is 0 Å². The Labute approximate surface area is 141 Å². The molecule has 1 saturated carbocycles. The van der Waals surface area contributed by atoms with Gasteiger partial charge in [0.05, 0.1) is 17.3 Å². The quantitative estimate of drug-likeness (QED) is 0.918. The zero-order valence-electron chi connectivity index (χ0n) is 13.5. The molecule has 2 aromatic rings. The minimum Gasteiger partial charge on any atom is -0.368 e. The largest absolute Gasteiger partial charge is 0.368 e. The molecule has 0 aromatic heterocycles. The van der Waals surface area contributed by atoms with Crippen LogP contribution in [-0.4, -0.2) is 25.7 Å². The van der Waals surface area contributed by atoms with Gasteiger partial charge in [-0.3, -0.25) is 0 Å². The molecule has 2 atom stereocenters. The highest BCUT2D eigenvalue weighted by molar-refractivity contribution is 5.53. The maximum absolute atomic E-state index is 14.0. The number of nitrogens with zero attached hydrogens (tertiary/aromatic N) is 2. The van der Waals surface area contributed by atoms with E-state index >= 15 is 0 Å². The van der Waals surface area contributed by atoms with Crippen LogP contribution in [0.2, 0.25) is 0 Å². The summed E-state index contributed by atoms with van der Waals surface area (Å²) < 4.78 is 14.0. The first-order valence-electron chi connectivity index (χ1n) is 8.47. The molecule has 4 heteroatoms. The lowest BCUT2D eigenvalue weighted by Gasteiger charge is -2.41. The number of hydrogen-bond acceptors (Lipinski definition) is 3.